The monoisotopic (exact) mass is 290 g/mol. The highest BCUT2D eigenvalue weighted by atomic mass is 16.6. The fraction of sp³-hybridized carbons (Fsp3) is 0.211. The summed E-state index contributed by atoms with van der Waals surface area (Å²) in [6, 6.07) is 18.5. The first-order valence-corrected chi connectivity index (χ1v) is 7.74. The van der Waals surface area contributed by atoms with Crippen molar-refractivity contribution in [1.82, 2.24) is 4.98 Å². The standard InChI is InChI=1S/C19H18N2O/c1-2-7-14(8-3-1)13-22-21-19-15-9-4-5-11-17(15)20-18-12-6-10-16(18)19/h1-5,7-9,11H,6,10,12-13H2,(H,20,21). The Bertz CT molecular complexity index is 799. The van der Waals surface area contributed by atoms with Gasteiger partial charge >= 0.3 is 0 Å². The maximum atomic E-state index is 5.76. The van der Waals surface area contributed by atoms with Crippen LogP contribution >= 0.6 is 0 Å². The summed E-state index contributed by atoms with van der Waals surface area (Å²) < 4.78 is 0. The van der Waals surface area contributed by atoms with Gasteiger partial charge in [0.25, 0.3) is 0 Å². The molecule has 0 fully saturated rings. The molecule has 1 aromatic heterocycles. The molecule has 3 nitrogen and oxygen atoms in total. The molecule has 1 aliphatic rings. The highest BCUT2D eigenvalue weighted by molar-refractivity contribution is 5.93. The fourth-order valence-corrected chi connectivity index (χ4v) is 3.09. The van der Waals surface area contributed by atoms with Crippen LogP contribution in [-0.2, 0) is 24.3 Å². The van der Waals surface area contributed by atoms with Gasteiger partial charge in [0.05, 0.1) is 17.8 Å². The van der Waals surface area contributed by atoms with Crippen LogP contribution in [0.1, 0.15) is 23.2 Å². The van der Waals surface area contributed by atoms with E-state index in [1.165, 1.54) is 17.7 Å². The predicted octanol–water partition coefficient (Wildman–Crippen LogP) is 4.27. The van der Waals surface area contributed by atoms with Gasteiger partial charge in [0.1, 0.15) is 0 Å². The van der Waals surface area contributed by atoms with Gasteiger partial charge in [0.15, 0.2) is 0 Å². The van der Waals surface area contributed by atoms with Crippen LogP contribution in [-0.4, -0.2) is 4.98 Å². The molecule has 0 unspecified atom stereocenters. The van der Waals surface area contributed by atoms with Gasteiger partial charge in [-0.15, -0.1) is 0 Å². The van der Waals surface area contributed by atoms with Crippen LogP contribution in [0.4, 0.5) is 5.69 Å². The minimum atomic E-state index is 0.548. The highest BCUT2D eigenvalue weighted by Crippen LogP contribution is 2.34. The summed E-state index contributed by atoms with van der Waals surface area (Å²) in [6.07, 6.45) is 3.31. The van der Waals surface area contributed by atoms with E-state index in [0.717, 1.165) is 35.0 Å². The molecule has 0 saturated carbocycles. The number of hydrogen-bond acceptors (Lipinski definition) is 3. The molecule has 0 spiro atoms. The fourth-order valence-electron chi connectivity index (χ4n) is 3.09. The molecule has 0 bridgehead atoms. The van der Waals surface area contributed by atoms with E-state index < -0.39 is 0 Å². The van der Waals surface area contributed by atoms with Gasteiger partial charge in [-0.25, -0.2) is 0 Å². The Hall–Kier alpha value is -2.39. The zero-order valence-electron chi connectivity index (χ0n) is 12.4. The van der Waals surface area contributed by atoms with Crippen LogP contribution in [0.5, 0.6) is 0 Å². The molecule has 0 atom stereocenters. The predicted molar refractivity (Wildman–Crippen MR) is 88.6 cm³/mol. The summed E-state index contributed by atoms with van der Waals surface area (Å²) in [6.45, 7) is 0.548. The molecule has 3 aromatic rings. The minimum Gasteiger partial charge on any atom is -0.271 e. The molecule has 0 amide bonds. The maximum absolute atomic E-state index is 5.76. The van der Waals surface area contributed by atoms with Crippen LogP contribution in [0.15, 0.2) is 54.6 Å². The van der Waals surface area contributed by atoms with E-state index in [-0.39, 0.29) is 0 Å². The molecule has 0 aliphatic heterocycles. The molecular weight excluding hydrogens is 272 g/mol. The second-order valence-corrected chi connectivity index (χ2v) is 5.66. The Balaban J connectivity index is 1.63. The molecule has 1 heterocycles. The number of aryl methyl sites for hydroxylation is 1. The van der Waals surface area contributed by atoms with E-state index >= 15 is 0 Å². The number of aromatic nitrogens is 1. The number of anilines is 1. The number of fused-ring (bicyclic) bond motifs is 2. The topological polar surface area (TPSA) is 34.1 Å². The Labute approximate surface area is 129 Å². The number of nitrogens with zero attached hydrogens (tertiary/aromatic N) is 1. The summed E-state index contributed by atoms with van der Waals surface area (Å²) in [5, 5.41) is 1.14. The zero-order chi connectivity index (χ0) is 14.8. The normalized spacial score (nSPS) is 13.3. The lowest BCUT2D eigenvalue weighted by Gasteiger charge is -2.14. The van der Waals surface area contributed by atoms with Gasteiger partial charge in [-0.3, -0.25) is 15.3 Å². The van der Waals surface area contributed by atoms with E-state index in [1.807, 2.05) is 30.3 Å². The molecule has 2 aromatic carbocycles. The SMILES string of the molecule is c1ccc(CONc2c3c(nc4ccccc24)CCC3)cc1. The zero-order valence-corrected chi connectivity index (χ0v) is 12.4. The van der Waals surface area contributed by atoms with Gasteiger partial charge in [0, 0.05) is 11.1 Å². The van der Waals surface area contributed by atoms with Crippen molar-refractivity contribution in [2.24, 2.45) is 0 Å². The second-order valence-electron chi connectivity index (χ2n) is 5.66. The molecule has 0 radical (unpaired) electrons. The Morgan fingerprint density at radius 3 is 2.68 bits per heavy atom. The van der Waals surface area contributed by atoms with Crippen molar-refractivity contribution in [3.8, 4) is 0 Å². The van der Waals surface area contributed by atoms with Gasteiger partial charge in [-0.1, -0.05) is 48.5 Å². The highest BCUT2D eigenvalue weighted by Gasteiger charge is 2.19. The van der Waals surface area contributed by atoms with Crippen LogP contribution in [0.25, 0.3) is 10.9 Å². The van der Waals surface area contributed by atoms with Crippen LogP contribution in [0.2, 0.25) is 0 Å². The smallest absolute Gasteiger partial charge is 0.0996 e. The number of rotatable bonds is 4. The van der Waals surface area contributed by atoms with Gasteiger partial charge in [-0.05, 0) is 36.5 Å². The van der Waals surface area contributed by atoms with Crippen molar-refractivity contribution in [1.29, 1.82) is 0 Å². The first-order valence-electron chi connectivity index (χ1n) is 7.74. The number of nitrogens with one attached hydrogen (secondary N) is 1. The lowest BCUT2D eigenvalue weighted by Crippen LogP contribution is -2.06. The van der Waals surface area contributed by atoms with Crippen LogP contribution in [0, 0.1) is 0 Å². The summed E-state index contributed by atoms with van der Waals surface area (Å²) in [7, 11) is 0. The minimum absolute atomic E-state index is 0.548. The first kappa shape index (κ1) is 13.3. The van der Waals surface area contributed by atoms with Crippen molar-refractivity contribution in [3.05, 3.63) is 71.4 Å². The summed E-state index contributed by atoms with van der Waals surface area (Å²) >= 11 is 0. The van der Waals surface area contributed by atoms with Crippen LogP contribution < -0.4 is 5.48 Å². The van der Waals surface area contributed by atoms with Crippen molar-refractivity contribution in [2.45, 2.75) is 25.9 Å². The van der Waals surface area contributed by atoms with Crippen molar-refractivity contribution >= 4 is 16.6 Å². The van der Waals surface area contributed by atoms with Crippen molar-refractivity contribution < 1.29 is 4.84 Å². The van der Waals surface area contributed by atoms with Crippen LogP contribution in [0.3, 0.4) is 0 Å². The number of hydrogen-bond donors (Lipinski definition) is 1. The largest absolute Gasteiger partial charge is 0.271 e. The lowest BCUT2D eigenvalue weighted by atomic mass is 10.1. The maximum Gasteiger partial charge on any atom is 0.0996 e. The summed E-state index contributed by atoms with van der Waals surface area (Å²) in [4.78, 5) is 10.5. The third-order valence-electron chi connectivity index (χ3n) is 4.18. The lowest BCUT2D eigenvalue weighted by molar-refractivity contribution is 0.180. The molecule has 22 heavy (non-hydrogen) atoms. The van der Waals surface area contributed by atoms with E-state index in [1.54, 1.807) is 0 Å². The van der Waals surface area contributed by atoms with Gasteiger partial charge < -0.3 is 0 Å². The summed E-state index contributed by atoms with van der Waals surface area (Å²) in [5.41, 5.74) is 9.01. The number of benzene rings is 2. The molecule has 0 saturated heterocycles. The van der Waals surface area contributed by atoms with Gasteiger partial charge in [-0.2, -0.15) is 0 Å². The molecule has 1 aliphatic carbocycles. The molecule has 110 valence electrons. The third kappa shape index (κ3) is 2.44. The number of para-hydroxylation sites is 1. The molecule has 1 N–H and O–H groups in total. The van der Waals surface area contributed by atoms with E-state index in [4.69, 9.17) is 9.82 Å². The third-order valence-corrected chi connectivity index (χ3v) is 4.18. The van der Waals surface area contributed by atoms with E-state index in [2.05, 4.69) is 29.7 Å². The second kappa shape index (κ2) is 5.78. The Morgan fingerprint density at radius 1 is 0.955 bits per heavy atom. The van der Waals surface area contributed by atoms with E-state index in [9.17, 15) is 0 Å². The molecule has 4 rings (SSSR count). The molecular formula is C19H18N2O. The summed E-state index contributed by atoms with van der Waals surface area (Å²) in [5.74, 6) is 0. The Kier molecular flexibility index (Phi) is 3.49. The van der Waals surface area contributed by atoms with Crippen molar-refractivity contribution in [2.75, 3.05) is 5.48 Å². The average Bonchev–Trinajstić information content (AvgIpc) is 3.03. The first-order chi connectivity index (χ1) is 10.9. The van der Waals surface area contributed by atoms with Crippen molar-refractivity contribution in [3.63, 3.8) is 0 Å². The Morgan fingerprint density at radius 2 is 1.77 bits per heavy atom. The quantitative estimate of drug-likeness (QED) is 0.729. The molecule has 3 heteroatoms. The van der Waals surface area contributed by atoms with Gasteiger partial charge in [0.2, 0.25) is 0 Å². The van der Waals surface area contributed by atoms with E-state index in [0.29, 0.717) is 6.61 Å². The number of pyridine rings is 1. The average molecular weight is 290 g/mol.